The molecule has 0 amide bonds. The predicted molar refractivity (Wildman–Crippen MR) is 103 cm³/mol. The lowest BCUT2D eigenvalue weighted by atomic mass is 9.98. The first kappa shape index (κ1) is 18.6. The number of rotatable bonds is 8. The Bertz CT molecular complexity index is 712. The van der Waals surface area contributed by atoms with Crippen molar-refractivity contribution in [2.24, 2.45) is 0 Å². The lowest BCUT2D eigenvalue weighted by Crippen LogP contribution is -3.10. The van der Waals surface area contributed by atoms with Crippen molar-refractivity contribution in [3.63, 3.8) is 0 Å². The number of hydrogen-bond acceptors (Lipinski definition) is 3. The third-order valence-electron chi connectivity index (χ3n) is 5.04. The molecule has 0 aliphatic carbocycles. The van der Waals surface area contributed by atoms with Crippen LogP contribution >= 0.6 is 0 Å². The van der Waals surface area contributed by atoms with E-state index < -0.39 is 0 Å². The standard InChI is InChI=1S/C22H29NO3/c1-4-5-12-26-20-8-6-17(7-9-20)15-23-11-10-18-13-21(24-2)22(25-3)14-19(18)16-23/h6-9,13-14H,4-5,10-12,15-16H2,1-3H3/p+1. The summed E-state index contributed by atoms with van der Waals surface area (Å²) in [4.78, 5) is 1.57. The minimum atomic E-state index is 0.801. The molecule has 26 heavy (non-hydrogen) atoms. The second kappa shape index (κ2) is 8.95. The van der Waals surface area contributed by atoms with Gasteiger partial charge in [-0.25, -0.2) is 0 Å². The number of quaternary nitrogens is 1. The zero-order chi connectivity index (χ0) is 18.4. The van der Waals surface area contributed by atoms with Gasteiger partial charge in [-0.15, -0.1) is 0 Å². The molecule has 1 aliphatic heterocycles. The van der Waals surface area contributed by atoms with Crippen molar-refractivity contribution in [1.82, 2.24) is 0 Å². The molecule has 1 heterocycles. The number of hydrogen-bond donors (Lipinski definition) is 1. The predicted octanol–water partition coefficient (Wildman–Crippen LogP) is 3.02. The van der Waals surface area contributed by atoms with E-state index in [0.717, 1.165) is 62.8 Å². The van der Waals surface area contributed by atoms with E-state index >= 15 is 0 Å². The van der Waals surface area contributed by atoms with Crippen LogP contribution in [0.2, 0.25) is 0 Å². The Kier molecular flexibility index (Phi) is 6.40. The van der Waals surface area contributed by atoms with Crippen molar-refractivity contribution in [2.75, 3.05) is 27.4 Å². The Morgan fingerprint density at radius 1 is 0.962 bits per heavy atom. The summed E-state index contributed by atoms with van der Waals surface area (Å²) in [6.45, 7) is 6.16. The normalized spacial score (nSPS) is 16.0. The summed E-state index contributed by atoms with van der Waals surface area (Å²) in [6.07, 6.45) is 3.34. The molecule has 1 aliphatic rings. The highest BCUT2D eigenvalue weighted by atomic mass is 16.5. The molecular weight excluding hydrogens is 326 g/mol. The Hall–Kier alpha value is -2.20. The third-order valence-corrected chi connectivity index (χ3v) is 5.04. The SMILES string of the molecule is CCCCOc1ccc(C[NH+]2CCc3cc(OC)c(OC)cc3C2)cc1. The molecule has 2 aromatic rings. The van der Waals surface area contributed by atoms with Crippen LogP contribution in [0.3, 0.4) is 0 Å². The number of methoxy groups -OCH3 is 2. The summed E-state index contributed by atoms with van der Waals surface area (Å²) < 4.78 is 16.6. The van der Waals surface area contributed by atoms with Gasteiger partial charge in [-0.05, 0) is 48.4 Å². The van der Waals surface area contributed by atoms with E-state index in [1.807, 2.05) is 0 Å². The van der Waals surface area contributed by atoms with Crippen LogP contribution in [0.4, 0.5) is 0 Å². The number of ether oxygens (including phenoxy) is 3. The molecule has 4 heteroatoms. The van der Waals surface area contributed by atoms with E-state index in [4.69, 9.17) is 14.2 Å². The minimum Gasteiger partial charge on any atom is -0.494 e. The maximum Gasteiger partial charge on any atom is 0.161 e. The zero-order valence-electron chi connectivity index (χ0n) is 16.1. The van der Waals surface area contributed by atoms with E-state index in [1.165, 1.54) is 16.7 Å². The third kappa shape index (κ3) is 4.50. The van der Waals surface area contributed by atoms with E-state index in [-0.39, 0.29) is 0 Å². The molecule has 0 fully saturated rings. The molecule has 1 unspecified atom stereocenters. The molecule has 0 saturated carbocycles. The second-order valence-corrected chi connectivity index (χ2v) is 6.93. The fourth-order valence-electron chi connectivity index (χ4n) is 3.51. The van der Waals surface area contributed by atoms with E-state index in [1.54, 1.807) is 19.1 Å². The van der Waals surface area contributed by atoms with Gasteiger partial charge in [0.05, 0.1) is 27.4 Å². The summed E-state index contributed by atoms with van der Waals surface area (Å²) in [5.41, 5.74) is 4.10. The fraction of sp³-hybridized carbons (Fsp3) is 0.455. The Balaban J connectivity index is 1.62. The zero-order valence-corrected chi connectivity index (χ0v) is 16.1. The van der Waals surface area contributed by atoms with Gasteiger partial charge >= 0.3 is 0 Å². The van der Waals surface area contributed by atoms with Gasteiger partial charge in [0.25, 0.3) is 0 Å². The van der Waals surface area contributed by atoms with Gasteiger partial charge in [-0.2, -0.15) is 0 Å². The highest BCUT2D eigenvalue weighted by molar-refractivity contribution is 5.47. The van der Waals surface area contributed by atoms with Crippen molar-refractivity contribution in [3.8, 4) is 17.2 Å². The van der Waals surface area contributed by atoms with Crippen molar-refractivity contribution in [2.45, 2.75) is 39.3 Å². The summed E-state index contributed by atoms with van der Waals surface area (Å²) >= 11 is 0. The van der Waals surface area contributed by atoms with Crippen molar-refractivity contribution in [3.05, 3.63) is 53.1 Å². The average Bonchev–Trinajstić information content (AvgIpc) is 2.68. The van der Waals surface area contributed by atoms with Crippen molar-refractivity contribution < 1.29 is 19.1 Å². The molecule has 4 nitrogen and oxygen atoms in total. The van der Waals surface area contributed by atoms with Crippen molar-refractivity contribution in [1.29, 1.82) is 0 Å². The van der Waals surface area contributed by atoms with Crippen molar-refractivity contribution >= 4 is 0 Å². The second-order valence-electron chi connectivity index (χ2n) is 6.93. The Morgan fingerprint density at radius 3 is 2.31 bits per heavy atom. The summed E-state index contributed by atoms with van der Waals surface area (Å²) in [5.74, 6) is 2.62. The number of nitrogens with one attached hydrogen (secondary N) is 1. The summed E-state index contributed by atoms with van der Waals surface area (Å²) in [5, 5.41) is 0. The molecule has 1 N–H and O–H groups in total. The molecule has 0 radical (unpaired) electrons. The highest BCUT2D eigenvalue weighted by Gasteiger charge is 2.22. The van der Waals surface area contributed by atoms with Crippen LogP contribution in [-0.2, 0) is 19.5 Å². The number of benzene rings is 2. The van der Waals surface area contributed by atoms with Gasteiger partial charge in [0.2, 0.25) is 0 Å². The van der Waals surface area contributed by atoms with Crippen LogP contribution in [0.1, 0.15) is 36.5 Å². The number of fused-ring (bicyclic) bond motifs is 1. The van der Waals surface area contributed by atoms with Crippen LogP contribution in [0.25, 0.3) is 0 Å². The first-order chi connectivity index (χ1) is 12.7. The quantitative estimate of drug-likeness (QED) is 0.738. The van der Waals surface area contributed by atoms with Crippen LogP contribution in [0.5, 0.6) is 17.2 Å². The lowest BCUT2D eigenvalue weighted by Gasteiger charge is -2.27. The maximum absolute atomic E-state index is 5.75. The van der Waals surface area contributed by atoms with E-state index in [0.29, 0.717) is 0 Å². The maximum atomic E-state index is 5.75. The summed E-state index contributed by atoms with van der Waals surface area (Å²) in [7, 11) is 3.39. The average molecular weight is 356 g/mol. The Labute approximate surface area is 156 Å². The molecule has 3 rings (SSSR count). The highest BCUT2D eigenvalue weighted by Crippen LogP contribution is 2.31. The monoisotopic (exact) mass is 356 g/mol. The van der Waals surface area contributed by atoms with Gasteiger partial charge in [-0.3, -0.25) is 0 Å². The molecule has 0 aromatic heterocycles. The van der Waals surface area contributed by atoms with Gasteiger partial charge in [0, 0.05) is 17.5 Å². The molecule has 1 atom stereocenters. The molecule has 0 saturated heterocycles. The first-order valence-electron chi connectivity index (χ1n) is 9.52. The fourth-order valence-corrected chi connectivity index (χ4v) is 3.51. The van der Waals surface area contributed by atoms with Crippen LogP contribution in [0, 0.1) is 0 Å². The van der Waals surface area contributed by atoms with E-state index in [2.05, 4.69) is 43.3 Å². The topological polar surface area (TPSA) is 32.1 Å². The van der Waals surface area contributed by atoms with Gasteiger partial charge in [0.1, 0.15) is 18.8 Å². The van der Waals surface area contributed by atoms with Gasteiger partial charge < -0.3 is 19.1 Å². The molecule has 0 bridgehead atoms. The minimum absolute atomic E-state index is 0.801. The van der Waals surface area contributed by atoms with E-state index in [9.17, 15) is 0 Å². The molecule has 2 aromatic carbocycles. The van der Waals surface area contributed by atoms with Gasteiger partial charge in [0.15, 0.2) is 11.5 Å². The largest absolute Gasteiger partial charge is 0.494 e. The molecule has 140 valence electrons. The first-order valence-corrected chi connectivity index (χ1v) is 9.52. The number of unbranched alkanes of at least 4 members (excludes halogenated alkanes) is 1. The van der Waals surface area contributed by atoms with Crippen LogP contribution in [0.15, 0.2) is 36.4 Å². The van der Waals surface area contributed by atoms with Crippen LogP contribution < -0.4 is 19.1 Å². The Morgan fingerprint density at radius 2 is 1.65 bits per heavy atom. The summed E-state index contributed by atoms with van der Waals surface area (Å²) in [6, 6.07) is 12.8. The van der Waals surface area contributed by atoms with Gasteiger partial charge in [-0.1, -0.05) is 13.3 Å². The lowest BCUT2D eigenvalue weighted by molar-refractivity contribution is -0.929. The van der Waals surface area contributed by atoms with Crippen LogP contribution in [-0.4, -0.2) is 27.4 Å². The molecular formula is C22H30NO3+. The smallest absolute Gasteiger partial charge is 0.161 e. The molecule has 0 spiro atoms.